The fraction of sp³-hybridized carbons (Fsp3) is 0.636. The molecule has 1 aromatic rings. The van der Waals surface area contributed by atoms with E-state index in [2.05, 4.69) is 9.47 Å². The number of benzene rings is 1. The predicted molar refractivity (Wildman–Crippen MR) is 129 cm³/mol. The maximum atomic E-state index is 13.7. The van der Waals surface area contributed by atoms with Gasteiger partial charge in [-0.05, 0) is 26.2 Å². The Morgan fingerprint density at radius 3 is 1.06 bits per heavy atom. The molecule has 48 heavy (non-hydrogen) atoms. The molecule has 0 unspecified atom stereocenters. The van der Waals surface area contributed by atoms with E-state index in [-0.39, 0.29) is 8.61 Å². The molecular weight excluding hydrogens is 762 g/mol. The lowest BCUT2D eigenvalue weighted by atomic mass is 10.1. The normalized spacial score (nSPS) is 14.5. The molecule has 0 atom stereocenters. The van der Waals surface area contributed by atoms with Crippen LogP contribution in [0.2, 0.25) is 0 Å². The van der Waals surface area contributed by atoms with Gasteiger partial charge in [-0.3, -0.25) is 0 Å². The Labute approximate surface area is 265 Å². The summed E-state index contributed by atoms with van der Waals surface area (Å²) in [6.45, 7) is -4.07. The van der Waals surface area contributed by atoms with Crippen molar-refractivity contribution in [3.63, 3.8) is 0 Å². The molecule has 0 spiro atoms. The molecule has 0 bridgehead atoms. The molecule has 0 aliphatic rings. The van der Waals surface area contributed by atoms with Crippen LogP contribution in [0.15, 0.2) is 24.3 Å². The lowest BCUT2D eigenvalue weighted by Crippen LogP contribution is -2.60. The summed E-state index contributed by atoms with van der Waals surface area (Å²) < 4.78 is 243. The van der Waals surface area contributed by atoms with Crippen LogP contribution < -0.4 is 0 Å². The molecular formula is C22H18F18N2O4S2. The lowest BCUT2D eigenvalue weighted by molar-refractivity contribution is -0.381. The van der Waals surface area contributed by atoms with E-state index in [0.717, 1.165) is 24.3 Å². The molecule has 0 aliphatic carbocycles. The lowest BCUT2D eigenvalue weighted by Gasteiger charge is -2.34. The molecule has 278 valence electrons. The van der Waals surface area contributed by atoms with Crippen molar-refractivity contribution in [2.45, 2.75) is 46.6 Å². The standard InChI is InChI=1S/C22H18F18N2O4S2/c1-41(47-21(37,38)17(27,28)15(23,24)19(31,32)33)7-9-45-13(43)11-5-3-4-6-12(11)14(44)46-10-8-42(2)48-22(39,40)18(29,30)16(25,26)20(34,35)36/h3-6H,7-10H2,1-2H3. The number of likely N-dealkylation sites (N-methyl/N-ethyl adjacent to an activating group) is 2. The van der Waals surface area contributed by atoms with Crippen LogP contribution in [0.4, 0.5) is 79.0 Å². The van der Waals surface area contributed by atoms with Gasteiger partial charge in [0.1, 0.15) is 13.2 Å². The number of alkyl halides is 18. The van der Waals surface area contributed by atoms with E-state index < -0.39 is 120 Å². The number of ether oxygens (including phenoxy) is 2. The van der Waals surface area contributed by atoms with E-state index >= 15 is 0 Å². The van der Waals surface area contributed by atoms with E-state index in [1.54, 1.807) is 0 Å². The third-order valence-electron chi connectivity index (χ3n) is 5.42. The topological polar surface area (TPSA) is 59.1 Å². The summed E-state index contributed by atoms with van der Waals surface area (Å²) in [6, 6.07) is 3.94. The fourth-order valence-corrected chi connectivity index (χ4v) is 4.45. The Hall–Kier alpha value is -2.48. The molecule has 1 aromatic carbocycles. The molecule has 0 N–H and O–H groups in total. The first kappa shape index (κ1) is 43.5. The number of carbonyl (C=O) groups is 2. The van der Waals surface area contributed by atoms with Gasteiger partial charge in [0.05, 0.1) is 11.1 Å². The third-order valence-corrected chi connectivity index (χ3v) is 7.38. The summed E-state index contributed by atoms with van der Waals surface area (Å²) in [7, 11) is 1.04. The van der Waals surface area contributed by atoms with E-state index in [0.29, 0.717) is 14.1 Å². The molecule has 0 saturated heterocycles. The maximum absolute atomic E-state index is 13.7. The number of hydrogen-bond acceptors (Lipinski definition) is 8. The molecule has 0 radical (unpaired) electrons. The zero-order valence-corrected chi connectivity index (χ0v) is 24.9. The van der Waals surface area contributed by atoms with Crippen LogP contribution in [-0.4, -0.2) is 107 Å². The summed E-state index contributed by atoms with van der Waals surface area (Å²) in [5, 5.41) is -12.1. The average Bonchev–Trinajstić information content (AvgIpc) is 2.90. The minimum absolute atomic E-state index is 0.0198. The van der Waals surface area contributed by atoms with Crippen LogP contribution in [0.25, 0.3) is 0 Å². The number of halogens is 18. The summed E-state index contributed by atoms with van der Waals surface area (Å²) >= 11 is -2.90. The van der Waals surface area contributed by atoms with Crippen molar-refractivity contribution in [3.05, 3.63) is 35.4 Å². The van der Waals surface area contributed by atoms with Crippen LogP contribution in [0, 0.1) is 0 Å². The van der Waals surface area contributed by atoms with Gasteiger partial charge in [0.25, 0.3) is 0 Å². The summed E-state index contributed by atoms with van der Waals surface area (Å²) in [5.41, 5.74) is -1.36. The molecule has 0 aliphatic heterocycles. The SMILES string of the molecule is CN(CCOC(=O)c1ccccc1C(=O)OCCN(C)SC(F)(F)C(F)(F)C(F)(F)C(F)(F)F)SC(F)(F)C(F)(F)C(F)(F)C(F)(F)F. The molecule has 26 heteroatoms. The van der Waals surface area contributed by atoms with Gasteiger partial charge < -0.3 is 9.47 Å². The van der Waals surface area contributed by atoms with Crippen molar-refractivity contribution in [2.24, 2.45) is 0 Å². The first-order valence-electron chi connectivity index (χ1n) is 11.9. The predicted octanol–water partition coefficient (Wildman–Crippen LogP) is 8.01. The number of nitrogens with zero attached hydrogens (tertiary/aromatic N) is 2. The number of carbonyl (C=O) groups excluding carboxylic acids is 2. The van der Waals surface area contributed by atoms with Gasteiger partial charge in [-0.1, -0.05) is 12.1 Å². The number of esters is 2. The Kier molecular flexibility index (Phi) is 13.4. The number of hydrogen-bond donors (Lipinski definition) is 0. The van der Waals surface area contributed by atoms with Crippen molar-refractivity contribution in [2.75, 3.05) is 40.4 Å². The van der Waals surface area contributed by atoms with E-state index in [4.69, 9.17) is 0 Å². The highest BCUT2D eigenvalue weighted by atomic mass is 32.2. The zero-order valence-electron chi connectivity index (χ0n) is 23.3. The van der Waals surface area contributed by atoms with Crippen molar-refractivity contribution >= 4 is 35.8 Å². The number of rotatable bonds is 16. The second-order valence-corrected chi connectivity index (χ2v) is 11.7. The highest BCUT2D eigenvalue weighted by Gasteiger charge is 2.83. The largest absolute Gasteiger partial charge is 0.461 e. The van der Waals surface area contributed by atoms with Crippen LogP contribution >= 0.6 is 23.9 Å². The van der Waals surface area contributed by atoms with Gasteiger partial charge in [0.2, 0.25) is 0 Å². The van der Waals surface area contributed by atoms with Crippen molar-refractivity contribution in [1.82, 2.24) is 8.61 Å². The Balaban J connectivity index is 2.81. The second kappa shape index (κ2) is 14.8. The van der Waals surface area contributed by atoms with Crippen LogP contribution in [0.5, 0.6) is 0 Å². The van der Waals surface area contributed by atoms with E-state index in [1.807, 2.05) is 0 Å². The zero-order chi connectivity index (χ0) is 37.9. The molecule has 0 aromatic heterocycles. The van der Waals surface area contributed by atoms with E-state index in [9.17, 15) is 88.6 Å². The second-order valence-electron chi connectivity index (χ2n) is 9.03. The van der Waals surface area contributed by atoms with Crippen molar-refractivity contribution < 1.29 is 98.1 Å². The minimum Gasteiger partial charge on any atom is -0.461 e. The molecule has 6 nitrogen and oxygen atoms in total. The highest BCUT2D eigenvalue weighted by Crippen LogP contribution is 2.58. The van der Waals surface area contributed by atoms with Gasteiger partial charge in [-0.15, -0.1) is 0 Å². The molecule has 1 rings (SSSR count). The average molecular weight is 780 g/mol. The quantitative estimate of drug-likeness (QED) is 0.0951. The van der Waals surface area contributed by atoms with Gasteiger partial charge in [0, 0.05) is 37.0 Å². The summed E-state index contributed by atoms with van der Waals surface area (Å²) in [6.07, 6.45) is -14.1. The van der Waals surface area contributed by atoms with Crippen molar-refractivity contribution in [3.8, 4) is 0 Å². The Morgan fingerprint density at radius 2 is 0.812 bits per heavy atom. The molecule has 0 fully saturated rings. The third kappa shape index (κ3) is 9.19. The Bertz CT molecular complexity index is 1180. The highest BCUT2D eigenvalue weighted by molar-refractivity contribution is 7.98. The molecule has 0 heterocycles. The minimum atomic E-state index is -7.15. The summed E-state index contributed by atoms with van der Waals surface area (Å²) in [4.78, 5) is 24.7. The monoisotopic (exact) mass is 780 g/mol. The molecule has 0 amide bonds. The van der Waals surface area contributed by atoms with Gasteiger partial charge >= 0.3 is 58.5 Å². The molecule has 0 saturated carbocycles. The van der Waals surface area contributed by atoms with Crippen LogP contribution in [0.3, 0.4) is 0 Å². The smallest absolute Gasteiger partial charge is 0.460 e. The van der Waals surface area contributed by atoms with Gasteiger partial charge in [-0.25, -0.2) is 18.2 Å². The van der Waals surface area contributed by atoms with Crippen molar-refractivity contribution in [1.29, 1.82) is 0 Å². The fourth-order valence-electron chi connectivity index (χ4n) is 2.85. The van der Waals surface area contributed by atoms with Crippen LogP contribution in [0.1, 0.15) is 20.7 Å². The summed E-state index contributed by atoms with van der Waals surface area (Å²) in [5.74, 6) is -31.1. The Morgan fingerprint density at radius 1 is 0.542 bits per heavy atom. The first-order chi connectivity index (χ1) is 21.3. The van der Waals surface area contributed by atoms with E-state index in [1.165, 1.54) is 0 Å². The van der Waals surface area contributed by atoms with Gasteiger partial charge in [0.15, 0.2) is 0 Å². The van der Waals surface area contributed by atoms with Crippen LogP contribution in [-0.2, 0) is 9.47 Å². The first-order valence-corrected chi connectivity index (χ1v) is 13.5. The maximum Gasteiger partial charge on any atom is 0.460 e. The van der Waals surface area contributed by atoms with Gasteiger partial charge in [-0.2, -0.15) is 79.0 Å².